The van der Waals surface area contributed by atoms with Crippen LogP contribution in [-0.2, 0) is 16.1 Å². The van der Waals surface area contributed by atoms with Crippen LogP contribution >= 0.6 is 11.3 Å². The van der Waals surface area contributed by atoms with Gasteiger partial charge in [0.2, 0.25) is 0 Å². The Kier molecular flexibility index (Phi) is 6.98. The normalized spacial score (nSPS) is 12.1. The second-order valence-electron chi connectivity index (χ2n) is 7.84. The molecule has 0 atom stereocenters. The Morgan fingerprint density at radius 1 is 0.969 bits per heavy atom. The predicted octanol–water partition coefficient (Wildman–Crippen LogP) is 5.62. The second-order valence-corrected chi connectivity index (χ2v) is 8.85. The molecule has 0 aliphatic rings. The highest BCUT2D eigenvalue weighted by atomic mass is 32.1. The number of rotatable bonds is 7. The van der Waals surface area contributed by atoms with Crippen molar-refractivity contribution in [3.63, 3.8) is 0 Å². The first-order valence-corrected chi connectivity index (χ1v) is 11.8. The fourth-order valence-corrected chi connectivity index (χ4v) is 4.99. The highest BCUT2D eigenvalue weighted by Gasteiger charge is 2.22. The van der Waals surface area contributed by atoms with Gasteiger partial charge in [-0.25, -0.2) is 0 Å². The second kappa shape index (κ2) is 10.1. The number of fused-ring (bicyclic) bond motifs is 1. The number of hydrogen-bond acceptors (Lipinski definition) is 3. The van der Waals surface area contributed by atoms with Gasteiger partial charge >= 0.3 is 0 Å². The fraction of sp³-hybridized carbons (Fsp3) is 0.259. The SMILES string of the molecule is CCOCCn1c(=NC(=O)C(c2ccccc2)c2ccccc2)sc2cc(C)c(C)cc21. The largest absolute Gasteiger partial charge is 0.380 e. The number of carbonyl (C=O) groups is 1. The van der Waals surface area contributed by atoms with Crippen molar-refractivity contribution in [3.8, 4) is 0 Å². The van der Waals surface area contributed by atoms with Crippen molar-refractivity contribution in [1.29, 1.82) is 0 Å². The van der Waals surface area contributed by atoms with Crippen molar-refractivity contribution in [2.24, 2.45) is 4.99 Å². The van der Waals surface area contributed by atoms with Gasteiger partial charge in [-0.2, -0.15) is 4.99 Å². The molecule has 4 aromatic rings. The zero-order chi connectivity index (χ0) is 22.5. The summed E-state index contributed by atoms with van der Waals surface area (Å²) in [5, 5.41) is 0. The van der Waals surface area contributed by atoms with Crippen molar-refractivity contribution in [2.45, 2.75) is 33.2 Å². The zero-order valence-corrected chi connectivity index (χ0v) is 19.6. The molecule has 0 aliphatic heterocycles. The molecule has 32 heavy (non-hydrogen) atoms. The van der Waals surface area contributed by atoms with Gasteiger partial charge in [-0.3, -0.25) is 4.79 Å². The molecule has 1 heterocycles. The van der Waals surface area contributed by atoms with Crippen LogP contribution in [-0.4, -0.2) is 23.7 Å². The first kappa shape index (κ1) is 22.2. The quantitative estimate of drug-likeness (QED) is 0.348. The summed E-state index contributed by atoms with van der Waals surface area (Å²) >= 11 is 1.56. The molecule has 1 amide bonds. The van der Waals surface area contributed by atoms with E-state index in [1.54, 1.807) is 11.3 Å². The molecule has 0 spiro atoms. The van der Waals surface area contributed by atoms with Gasteiger partial charge < -0.3 is 9.30 Å². The third-order valence-electron chi connectivity index (χ3n) is 5.68. The minimum Gasteiger partial charge on any atom is -0.380 e. The summed E-state index contributed by atoms with van der Waals surface area (Å²) in [6.45, 7) is 8.12. The first-order chi connectivity index (χ1) is 15.6. The van der Waals surface area contributed by atoms with Crippen LogP contribution in [0.5, 0.6) is 0 Å². The van der Waals surface area contributed by atoms with Gasteiger partial charge in [0.05, 0.1) is 22.7 Å². The minimum absolute atomic E-state index is 0.160. The van der Waals surface area contributed by atoms with Gasteiger partial charge in [-0.05, 0) is 55.2 Å². The average Bonchev–Trinajstić information content (AvgIpc) is 3.11. The number of nitrogens with zero attached hydrogens (tertiary/aromatic N) is 2. The Bertz CT molecular complexity index is 1230. The molecule has 3 aromatic carbocycles. The average molecular weight is 445 g/mol. The maximum atomic E-state index is 13.6. The third kappa shape index (κ3) is 4.74. The number of aryl methyl sites for hydroxylation is 2. The number of thiazole rings is 1. The van der Waals surface area contributed by atoms with Crippen LogP contribution < -0.4 is 4.80 Å². The highest BCUT2D eigenvalue weighted by Crippen LogP contribution is 2.27. The van der Waals surface area contributed by atoms with E-state index in [9.17, 15) is 4.79 Å². The number of amides is 1. The molecule has 0 N–H and O–H groups in total. The summed E-state index contributed by atoms with van der Waals surface area (Å²) in [6.07, 6.45) is 0. The first-order valence-electron chi connectivity index (χ1n) is 10.9. The third-order valence-corrected chi connectivity index (χ3v) is 6.72. The Hall–Kier alpha value is -3.02. The monoisotopic (exact) mass is 444 g/mol. The number of aromatic nitrogens is 1. The van der Waals surface area contributed by atoms with Crippen molar-refractivity contribution >= 4 is 27.5 Å². The van der Waals surface area contributed by atoms with Gasteiger partial charge in [-0.15, -0.1) is 0 Å². The molecule has 4 nitrogen and oxygen atoms in total. The van der Waals surface area contributed by atoms with Crippen LogP contribution in [0.2, 0.25) is 0 Å². The molecular formula is C27H28N2O2S. The Morgan fingerprint density at radius 3 is 2.16 bits per heavy atom. The molecule has 0 bridgehead atoms. The summed E-state index contributed by atoms with van der Waals surface area (Å²) in [7, 11) is 0. The summed E-state index contributed by atoms with van der Waals surface area (Å²) in [6, 6.07) is 24.1. The molecule has 5 heteroatoms. The minimum atomic E-state index is -0.438. The van der Waals surface area contributed by atoms with E-state index in [0.717, 1.165) is 21.3 Å². The summed E-state index contributed by atoms with van der Waals surface area (Å²) in [4.78, 5) is 19.0. The maximum absolute atomic E-state index is 13.6. The molecule has 164 valence electrons. The lowest BCUT2D eigenvalue weighted by Crippen LogP contribution is -2.22. The van der Waals surface area contributed by atoms with Gasteiger partial charge in [0.15, 0.2) is 4.80 Å². The molecule has 4 rings (SSSR count). The summed E-state index contributed by atoms with van der Waals surface area (Å²) in [5.41, 5.74) is 5.45. The topological polar surface area (TPSA) is 43.6 Å². The maximum Gasteiger partial charge on any atom is 0.260 e. The zero-order valence-electron chi connectivity index (χ0n) is 18.7. The molecule has 0 aliphatic carbocycles. The van der Waals surface area contributed by atoms with Crippen molar-refractivity contribution < 1.29 is 9.53 Å². The lowest BCUT2D eigenvalue weighted by Gasteiger charge is -2.14. The molecule has 0 saturated heterocycles. The van der Waals surface area contributed by atoms with Crippen LogP contribution in [0.25, 0.3) is 10.2 Å². The molecule has 0 unspecified atom stereocenters. The lowest BCUT2D eigenvalue weighted by molar-refractivity contribution is -0.118. The number of ether oxygens (including phenoxy) is 1. The number of carbonyl (C=O) groups excluding carboxylic acids is 1. The molecule has 0 saturated carbocycles. The van der Waals surface area contributed by atoms with E-state index in [1.165, 1.54) is 11.1 Å². The van der Waals surface area contributed by atoms with E-state index in [0.29, 0.717) is 24.6 Å². The van der Waals surface area contributed by atoms with Crippen LogP contribution in [0.1, 0.15) is 35.1 Å². The Labute approximate surface area is 192 Å². The van der Waals surface area contributed by atoms with Gasteiger partial charge in [0.1, 0.15) is 0 Å². The van der Waals surface area contributed by atoms with Gasteiger partial charge in [-0.1, -0.05) is 72.0 Å². The molecular weight excluding hydrogens is 416 g/mol. The smallest absolute Gasteiger partial charge is 0.260 e. The fourth-order valence-electron chi connectivity index (χ4n) is 3.85. The van der Waals surface area contributed by atoms with E-state index in [-0.39, 0.29) is 5.91 Å². The number of hydrogen-bond donors (Lipinski definition) is 0. The standard InChI is InChI=1S/C27H28N2O2S/c1-4-31-16-15-29-23-17-19(2)20(3)18-24(23)32-27(29)28-26(30)25(21-11-7-5-8-12-21)22-13-9-6-10-14-22/h5-14,17-18,25H,4,15-16H2,1-3H3. The van der Waals surface area contributed by atoms with E-state index >= 15 is 0 Å². The van der Waals surface area contributed by atoms with Crippen molar-refractivity contribution in [1.82, 2.24) is 4.57 Å². The van der Waals surface area contributed by atoms with Crippen LogP contribution in [0.15, 0.2) is 77.8 Å². The molecule has 0 radical (unpaired) electrons. The van der Waals surface area contributed by atoms with E-state index in [4.69, 9.17) is 4.74 Å². The van der Waals surface area contributed by atoms with Crippen LogP contribution in [0.4, 0.5) is 0 Å². The number of benzene rings is 3. The van der Waals surface area contributed by atoms with Gasteiger partial charge in [0.25, 0.3) is 5.91 Å². The summed E-state index contributed by atoms with van der Waals surface area (Å²) in [5.74, 6) is -0.598. The van der Waals surface area contributed by atoms with Crippen LogP contribution in [0, 0.1) is 13.8 Å². The van der Waals surface area contributed by atoms with Crippen molar-refractivity contribution in [2.75, 3.05) is 13.2 Å². The summed E-state index contributed by atoms with van der Waals surface area (Å²) < 4.78 is 8.86. The van der Waals surface area contributed by atoms with Gasteiger partial charge in [0, 0.05) is 13.2 Å². The molecule has 0 fully saturated rings. The van der Waals surface area contributed by atoms with E-state index < -0.39 is 5.92 Å². The van der Waals surface area contributed by atoms with Crippen molar-refractivity contribution in [3.05, 3.63) is 99.9 Å². The van der Waals surface area contributed by atoms with E-state index in [2.05, 4.69) is 35.5 Å². The van der Waals surface area contributed by atoms with Crippen LogP contribution in [0.3, 0.4) is 0 Å². The molecule has 1 aromatic heterocycles. The Morgan fingerprint density at radius 2 is 1.56 bits per heavy atom. The predicted molar refractivity (Wildman–Crippen MR) is 131 cm³/mol. The lowest BCUT2D eigenvalue weighted by atomic mass is 9.91. The highest BCUT2D eigenvalue weighted by molar-refractivity contribution is 7.16. The Balaban J connectivity index is 1.84. The van der Waals surface area contributed by atoms with E-state index in [1.807, 2.05) is 67.6 Å².